The fourth-order valence-electron chi connectivity index (χ4n) is 9.19. The van der Waals surface area contributed by atoms with E-state index in [0.29, 0.717) is 12.1 Å². The van der Waals surface area contributed by atoms with Crippen LogP contribution in [-0.2, 0) is 30.2 Å². The molecule has 11 rings (SSSR count). The minimum absolute atomic E-state index is 0.0215. The van der Waals surface area contributed by atoms with Gasteiger partial charge in [-0.15, -0.1) is 0 Å². The summed E-state index contributed by atoms with van der Waals surface area (Å²) in [7, 11) is -26.6. The Labute approximate surface area is 480 Å². The maximum atomic E-state index is 15.5. The molecule has 6 heterocycles. The third-order valence-electron chi connectivity index (χ3n) is 12.8. The van der Waals surface area contributed by atoms with Crippen LogP contribution in [0.4, 0.5) is 39.5 Å². The van der Waals surface area contributed by atoms with Crippen LogP contribution in [0.15, 0.2) is 118 Å². The van der Waals surface area contributed by atoms with Crippen molar-refractivity contribution in [2.24, 2.45) is 0 Å². The normalized spacial score (nSPS) is 14.8. The molecule has 36 heteroatoms. The molecule has 20 nitrogen and oxygen atoms in total. The number of para-hydroxylation sites is 4. The van der Waals surface area contributed by atoms with Crippen molar-refractivity contribution >= 4 is 112 Å². The van der Waals surface area contributed by atoms with Crippen LogP contribution in [0.3, 0.4) is 0 Å². The number of nitriles is 2. The number of sulfonamides is 2. The van der Waals surface area contributed by atoms with E-state index in [9.17, 15) is 57.7 Å². The minimum atomic E-state index is -8.11. The highest BCUT2D eigenvalue weighted by Crippen LogP contribution is 2.52. The molecule has 436 valence electrons. The van der Waals surface area contributed by atoms with Gasteiger partial charge in [0.25, 0.3) is 10.0 Å². The number of halogens is 11. The summed E-state index contributed by atoms with van der Waals surface area (Å²) in [5, 5.41) is 7.87. The van der Waals surface area contributed by atoms with Crippen LogP contribution >= 0.6 is 23.2 Å². The first-order chi connectivity index (χ1) is 39.8. The molecule has 1 N–H and O–H groups in total. The van der Waals surface area contributed by atoms with E-state index in [-0.39, 0.29) is 105 Å². The molecule has 4 aromatic heterocycles. The zero-order valence-electron chi connectivity index (χ0n) is 42.0. The van der Waals surface area contributed by atoms with Crippen LogP contribution in [0.5, 0.6) is 28.7 Å². The molecule has 0 unspecified atom stereocenters. The lowest BCUT2D eigenvalue weighted by Gasteiger charge is -2.31. The first-order valence-corrected chi connectivity index (χ1v) is 28.8. The van der Waals surface area contributed by atoms with Gasteiger partial charge in [-0.2, -0.15) is 58.5 Å². The standard InChI is InChI=1S/C49H26B2Cl2F9N7O13S3/c1-23(2)40-38-39(43(68(40)50-78-32-7-3-4-8-33(32)79-50)29(22-64)45-66-31-18-14-26(53)20-37(31)77-45)41(69(51-80-34-9-5-6-10-35(34)81-51)42(38)28(21-63)44-65-30-17-13-25(52)19-36(30)76-44)24-11-15-27(16-12-24)82-85(74,75)48(58,59)46(54,55)47(56,57)83(70,71)67-84(72,73)49(60,61)62/h3-20,23,67H,1-2H3/b42-28-,43-29-. The van der Waals surface area contributed by atoms with Gasteiger partial charge in [0.15, 0.2) is 11.2 Å². The molecule has 9 aromatic rings. The second-order valence-electron chi connectivity index (χ2n) is 18.5. The van der Waals surface area contributed by atoms with Gasteiger partial charge in [0.2, 0.25) is 11.8 Å². The summed E-state index contributed by atoms with van der Waals surface area (Å²) in [6, 6.07) is 28.3. The van der Waals surface area contributed by atoms with Gasteiger partial charge in [0.05, 0.1) is 16.4 Å². The number of nitrogens with zero attached hydrogens (tertiary/aromatic N) is 6. The Morgan fingerprint density at radius 3 is 1.47 bits per heavy atom. The summed E-state index contributed by atoms with van der Waals surface area (Å²) < 4.78 is 247. The van der Waals surface area contributed by atoms with Crippen LogP contribution in [0.25, 0.3) is 55.4 Å². The first-order valence-electron chi connectivity index (χ1n) is 23.7. The fraction of sp³-hybridized carbons (Fsp3) is 0.143. The van der Waals surface area contributed by atoms with Gasteiger partial charge in [0, 0.05) is 38.6 Å². The molecule has 5 aromatic carbocycles. The fourth-order valence-corrected chi connectivity index (χ4v) is 12.9. The molecule has 2 aliphatic heterocycles. The average Bonchev–Trinajstić information content (AvgIpc) is 1.63. The van der Waals surface area contributed by atoms with Gasteiger partial charge in [-0.05, 0) is 84.3 Å². The topological polar surface area (TPSA) is 270 Å². The van der Waals surface area contributed by atoms with Crippen LogP contribution in [-0.4, -0.2) is 80.6 Å². The smallest absolute Gasteiger partial charge is 0.503 e. The summed E-state index contributed by atoms with van der Waals surface area (Å²) in [6.07, 6.45) is 0. The monoisotopic (exact) mass is 1280 g/mol. The average molecular weight is 1280 g/mol. The Morgan fingerprint density at radius 1 is 0.612 bits per heavy atom. The number of benzene rings is 5. The number of aromatic nitrogens is 4. The van der Waals surface area contributed by atoms with E-state index in [4.69, 9.17) is 50.7 Å². The molecule has 0 fully saturated rings. The highest BCUT2D eigenvalue weighted by Gasteiger charge is 2.83. The number of fused-ring (bicyclic) bond motifs is 5. The van der Waals surface area contributed by atoms with Gasteiger partial charge < -0.3 is 40.6 Å². The molecule has 2 aliphatic rings. The summed E-state index contributed by atoms with van der Waals surface area (Å²) in [4.78, 5) is 9.20. The highest BCUT2D eigenvalue weighted by molar-refractivity contribution is 8.05. The van der Waals surface area contributed by atoms with Gasteiger partial charge in [-0.1, -0.05) is 65.4 Å². The van der Waals surface area contributed by atoms with Crippen molar-refractivity contribution in [1.29, 1.82) is 10.5 Å². The van der Waals surface area contributed by atoms with E-state index in [1.807, 2.05) is 0 Å². The van der Waals surface area contributed by atoms with Crippen molar-refractivity contribution in [2.45, 2.75) is 41.7 Å². The third kappa shape index (κ3) is 9.28. The Hall–Kier alpha value is -8.53. The number of alkyl halides is 9. The van der Waals surface area contributed by atoms with E-state index in [1.165, 1.54) is 57.5 Å². The van der Waals surface area contributed by atoms with Gasteiger partial charge >= 0.3 is 56.6 Å². The number of hydrogen-bond donors (Lipinski definition) is 1. The lowest BCUT2D eigenvalue weighted by Crippen LogP contribution is -2.64. The molecule has 0 bridgehead atoms. The second kappa shape index (κ2) is 20.1. The molecule has 85 heavy (non-hydrogen) atoms. The van der Waals surface area contributed by atoms with E-state index < -0.39 is 93.6 Å². The molecule has 0 saturated carbocycles. The van der Waals surface area contributed by atoms with E-state index in [0.717, 1.165) is 12.1 Å². The van der Waals surface area contributed by atoms with E-state index in [2.05, 4.69) is 26.3 Å². The predicted molar refractivity (Wildman–Crippen MR) is 282 cm³/mol. The van der Waals surface area contributed by atoms with Crippen molar-refractivity contribution in [3.8, 4) is 52.1 Å². The SMILES string of the molecule is CC(C)c1c2/c(=C(\C#N)c3nc4ccc(Cl)cc4o3)n(B3Oc4ccccc4O3)c(-c3ccc(OS(=O)(=O)C(F)(F)C(F)(F)C(F)(F)S(=O)(=O)NS(=O)(=O)C(F)(F)F)cc3)c2/c(=C(\C#N)c2nc3ccc(Cl)cc3o2)n1B1Oc2ccccc2O1. The van der Waals surface area contributed by atoms with E-state index in [1.54, 1.807) is 50.2 Å². The van der Waals surface area contributed by atoms with Gasteiger partial charge in [-0.3, -0.25) is 0 Å². The van der Waals surface area contributed by atoms with Crippen LogP contribution in [0, 0.1) is 22.7 Å². The lowest BCUT2D eigenvalue weighted by atomic mass is 10.0. The Bertz CT molecular complexity index is 4750. The zero-order valence-corrected chi connectivity index (χ0v) is 46.0. The summed E-state index contributed by atoms with van der Waals surface area (Å²) in [6.45, 7) is 3.41. The Morgan fingerprint density at radius 2 is 1.05 bits per heavy atom. The second-order valence-corrected chi connectivity index (χ2v) is 24.6. The summed E-state index contributed by atoms with van der Waals surface area (Å²) >= 11 is 12.7. The number of oxazole rings is 2. The number of hydrogen-bond acceptors (Lipinski definition) is 17. The van der Waals surface area contributed by atoms with Crippen molar-refractivity contribution in [2.75, 3.05) is 0 Å². The molecule has 0 aliphatic carbocycles. The Kier molecular flexibility index (Phi) is 13.7. The number of rotatable bonds is 14. The van der Waals surface area contributed by atoms with Crippen molar-refractivity contribution < 1.29 is 96.4 Å². The molecule has 0 atom stereocenters. The molecular formula is C49H26B2Cl2F9N7O13S3. The third-order valence-corrected chi connectivity index (χ3v) is 17.9. The molecule has 0 amide bonds. The van der Waals surface area contributed by atoms with Crippen molar-refractivity contribution in [1.82, 2.24) is 23.1 Å². The maximum Gasteiger partial charge on any atom is 0.743 e. The largest absolute Gasteiger partial charge is 0.743 e. The molecule has 0 radical (unpaired) electrons. The van der Waals surface area contributed by atoms with Crippen molar-refractivity contribution in [3.63, 3.8) is 0 Å². The molecule has 0 saturated heterocycles. The maximum absolute atomic E-state index is 15.5. The zero-order chi connectivity index (χ0) is 61.3. The number of nitrogens with one attached hydrogen (secondary N) is 1. The van der Waals surface area contributed by atoms with Crippen LogP contribution in [0.1, 0.15) is 37.2 Å². The van der Waals surface area contributed by atoms with Crippen LogP contribution < -0.4 is 37.6 Å². The lowest BCUT2D eigenvalue weighted by molar-refractivity contribution is -0.245. The van der Waals surface area contributed by atoms with Gasteiger partial charge in [-0.25, -0.2) is 26.8 Å². The van der Waals surface area contributed by atoms with Crippen LogP contribution in [0.2, 0.25) is 10.0 Å². The summed E-state index contributed by atoms with van der Waals surface area (Å²) in [5.74, 6) is -10.1. The van der Waals surface area contributed by atoms with Gasteiger partial charge in [0.1, 0.15) is 63.1 Å². The highest BCUT2D eigenvalue weighted by atomic mass is 35.5. The Balaban J connectivity index is 1.21. The quantitative estimate of drug-likeness (QED) is 0.0603. The molecule has 0 spiro atoms. The summed E-state index contributed by atoms with van der Waals surface area (Å²) in [5.41, 5.74) is -7.34. The minimum Gasteiger partial charge on any atom is -0.503 e. The van der Waals surface area contributed by atoms with E-state index >= 15 is 17.6 Å². The van der Waals surface area contributed by atoms with Crippen molar-refractivity contribution in [3.05, 3.63) is 147 Å². The molecular weight excluding hydrogens is 1250 g/mol. The predicted octanol–water partition coefficient (Wildman–Crippen LogP) is 9.17. The first kappa shape index (κ1) is 58.3.